The second-order valence-electron chi connectivity index (χ2n) is 8.95. The van der Waals surface area contributed by atoms with Crippen molar-refractivity contribution in [3.8, 4) is 0 Å². The SMILES string of the molecule is Cc1ccc(Cl)cc1N(C)C(=O)C1CCN(c2ncnc3c2nc2n3CCCCC2)CC1. The molecule has 3 aromatic rings. The summed E-state index contributed by atoms with van der Waals surface area (Å²) in [6, 6.07) is 5.68. The summed E-state index contributed by atoms with van der Waals surface area (Å²) in [6.07, 6.45) is 7.84. The van der Waals surface area contributed by atoms with E-state index in [1.165, 1.54) is 19.3 Å². The molecule has 0 bridgehead atoms. The molecule has 1 fully saturated rings. The van der Waals surface area contributed by atoms with Crippen molar-refractivity contribution in [2.75, 3.05) is 29.9 Å². The average Bonchev–Trinajstić information content (AvgIpc) is 3.00. The number of imidazole rings is 1. The zero-order chi connectivity index (χ0) is 22.2. The van der Waals surface area contributed by atoms with Crippen LogP contribution in [0.5, 0.6) is 0 Å². The fraction of sp³-hybridized carbons (Fsp3) is 0.500. The Labute approximate surface area is 193 Å². The minimum atomic E-state index is -0.00864. The Morgan fingerprint density at radius 3 is 2.75 bits per heavy atom. The van der Waals surface area contributed by atoms with Crippen LogP contribution in [0.1, 0.15) is 43.5 Å². The number of nitrogens with zero attached hydrogens (tertiary/aromatic N) is 6. The van der Waals surface area contributed by atoms with E-state index in [0.717, 1.165) is 73.0 Å². The van der Waals surface area contributed by atoms with Gasteiger partial charge in [0.2, 0.25) is 5.91 Å². The first-order valence-corrected chi connectivity index (χ1v) is 11.9. The van der Waals surface area contributed by atoms with Crippen LogP contribution in [-0.4, -0.2) is 45.6 Å². The van der Waals surface area contributed by atoms with Crippen molar-refractivity contribution in [1.29, 1.82) is 0 Å². The minimum absolute atomic E-state index is 0.00864. The lowest BCUT2D eigenvalue weighted by atomic mass is 9.95. The molecule has 1 aromatic carbocycles. The van der Waals surface area contributed by atoms with Gasteiger partial charge in [0, 0.05) is 49.7 Å². The van der Waals surface area contributed by atoms with Gasteiger partial charge in [0.15, 0.2) is 17.0 Å². The topological polar surface area (TPSA) is 67.2 Å². The zero-order valence-corrected chi connectivity index (χ0v) is 19.5. The molecular weight excluding hydrogens is 424 g/mol. The molecule has 0 aliphatic carbocycles. The van der Waals surface area contributed by atoms with Crippen LogP contribution >= 0.6 is 11.6 Å². The van der Waals surface area contributed by atoms with Crippen molar-refractivity contribution in [2.24, 2.45) is 5.92 Å². The van der Waals surface area contributed by atoms with Crippen molar-refractivity contribution in [3.63, 3.8) is 0 Å². The highest BCUT2D eigenvalue weighted by molar-refractivity contribution is 6.31. The van der Waals surface area contributed by atoms with E-state index in [1.807, 2.05) is 32.2 Å². The molecule has 32 heavy (non-hydrogen) atoms. The minimum Gasteiger partial charge on any atom is -0.355 e. The Bertz CT molecular complexity index is 1150. The first-order valence-electron chi connectivity index (χ1n) is 11.5. The molecule has 1 amide bonds. The molecule has 168 valence electrons. The molecule has 2 aliphatic rings. The van der Waals surface area contributed by atoms with Crippen molar-refractivity contribution in [1.82, 2.24) is 19.5 Å². The van der Waals surface area contributed by atoms with E-state index in [-0.39, 0.29) is 11.8 Å². The summed E-state index contributed by atoms with van der Waals surface area (Å²) in [6.45, 7) is 4.55. The molecule has 0 saturated carbocycles. The van der Waals surface area contributed by atoms with Gasteiger partial charge in [0.05, 0.1) is 0 Å². The number of hydrogen-bond acceptors (Lipinski definition) is 5. The smallest absolute Gasteiger partial charge is 0.229 e. The quantitative estimate of drug-likeness (QED) is 0.589. The van der Waals surface area contributed by atoms with Gasteiger partial charge < -0.3 is 14.4 Å². The molecular formula is C24H29ClN6O. The molecule has 2 aliphatic heterocycles. The summed E-state index contributed by atoms with van der Waals surface area (Å²) in [5.41, 5.74) is 3.77. The molecule has 1 saturated heterocycles. The maximum atomic E-state index is 13.2. The second kappa shape index (κ2) is 8.70. The second-order valence-corrected chi connectivity index (χ2v) is 9.39. The summed E-state index contributed by atoms with van der Waals surface area (Å²) in [4.78, 5) is 31.3. The lowest BCUT2D eigenvalue weighted by molar-refractivity contribution is -0.122. The first kappa shape index (κ1) is 21.2. The Hall–Kier alpha value is -2.67. The fourth-order valence-corrected chi connectivity index (χ4v) is 5.20. The first-order chi connectivity index (χ1) is 15.5. The van der Waals surface area contributed by atoms with E-state index in [4.69, 9.17) is 16.6 Å². The van der Waals surface area contributed by atoms with E-state index in [2.05, 4.69) is 19.4 Å². The number of rotatable bonds is 3. The molecule has 4 heterocycles. The maximum absolute atomic E-state index is 13.2. The summed E-state index contributed by atoms with van der Waals surface area (Å²) in [5.74, 6) is 2.17. The van der Waals surface area contributed by atoms with Crippen LogP contribution in [-0.2, 0) is 17.8 Å². The number of carbonyl (C=O) groups excluding carboxylic acids is 1. The molecule has 8 heteroatoms. The Balaban J connectivity index is 1.32. The number of fused-ring (bicyclic) bond motifs is 3. The lowest BCUT2D eigenvalue weighted by Gasteiger charge is -2.34. The fourth-order valence-electron chi connectivity index (χ4n) is 5.03. The number of anilines is 2. The van der Waals surface area contributed by atoms with E-state index in [1.54, 1.807) is 11.2 Å². The van der Waals surface area contributed by atoms with E-state index >= 15 is 0 Å². The molecule has 0 radical (unpaired) electrons. The van der Waals surface area contributed by atoms with Crippen LogP contribution in [0.2, 0.25) is 5.02 Å². The largest absolute Gasteiger partial charge is 0.355 e. The predicted octanol–water partition coefficient (Wildman–Crippen LogP) is 4.39. The van der Waals surface area contributed by atoms with Gasteiger partial charge in [-0.1, -0.05) is 24.1 Å². The van der Waals surface area contributed by atoms with Crippen LogP contribution < -0.4 is 9.80 Å². The Morgan fingerprint density at radius 2 is 1.94 bits per heavy atom. The average molecular weight is 453 g/mol. The molecule has 0 atom stereocenters. The van der Waals surface area contributed by atoms with Crippen molar-refractivity contribution in [2.45, 2.75) is 52.0 Å². The Kier molecular flexibility index (Phi) is 5.76. The van der Waals surface area contributed by atoms with Crippen LogP contribution in [0.25, 0.3) is 11.2 Å². The van der Waals surface area contributed by atoms with E-state index in [9.17, 15) is 4.79 Å². The van der Waals surface area contributed by atoms with Crippen molar-refractivity contribution < 1.29 is 4.79 Å². The number of benzene rings is 1. The van der Waals surface area contributed by atoms with E-state index in [0.29, 0.717) is 5.02 Å². The Morgan fingerprint density at radius 1 is 1.12 bits per heavy atom. The highest BCUT2D eigenvalue weighted by Crippen LogP contribution is 2.31. The molecule has 5 rings (SSSR count). The third-order valence-electron chi connectivity index (χ3n) is 6.88. The highest BCUT2D eigenvalue weighted by Gasteiger charge is 2.30. The van der Waals surface area contributed by atoms with E-state index < -0.39 is 0 Å². The van der Waals surface area contributed by atoms with Crippen LogP contribution in [0.3, 0.4) is 0 Å². The van der Waals surface area contributed by atoms with Crippen LogP contribution in [0.4, 0.5) is 11.5 Å². The molecule has 2 aromatic heterocycles. The molecule has 0 unspecified atom stereocenters. The standard InChI is InChI=1S/C24H29ClN6O/c1-16-7-8-18(25)14-19(16)29(2)24(32)17-9-12-30(13-10-17)22-21-23(27-15-26-22)31-11-5-3-4-6-20(31)28-21/h7-8,14-15,17H,3-6,9-13H2,1-2H3. The van der Waals surface area contributed by atoms with Gasteiger partial charge in [-0.25, -0.2) is 15.0 Å². The van der Waals surface area contributed by atoms with Crippen LogP contribution in [0, 0.1) is 12.8 Å². The number of carbonyl (C=O) groups is 1. The third kappa shape index (κ3) is 3.83. The highest BCUT2D eigenvalue weighted by atomic mass is 35.5. The van der Waals surface area contributed by atoms with Crippen LogP contribution in [0.15, 0.2) is 24.5 Å². The lowest BCUT2D eigenvalue weighted by Crippen LogP contribution is -2.42. The summed E-state index contributed by atoms with van der Waals surface area (Å²) in [7, 11) is 1.85. The van der Waals surface area contributed by atoms with Gasteiger partial charge in [-0.3, -0.25) is 4.79 Å². The van der Waals surface area contributed by atoms with Gasteiger partial charge in [-0.15, -0.1) is 0 Å². The summed E-state index contributed by atoms with van der Waals surface area (Å²) in [5, 5.41) is 0.645. The maximum Gasteiger partial charge on any atom is 0.229 e. The summed E-state index contributed by atoms with van der Waals surface area (Å²) >= 11 is 6.17. The number of aromatic nitrogens is 4. The number of hydrogen-bond donors (Lipinski definition) is 0. The van der Waals surface area contributed by atoms with Crippen molar-refractivity contribution >= 4 is 40.2 Å². The normalized spacial score (nSPS) is 17.3. The van der Waals surface area contributed by atoms with Gasteiger partial charge in [0.25, 0.3) is 0 Å². The van der Waals surface area contributed by atoms with Gasteiger partial charge in [0.1, 0.15) is 12.2 Å². The van der Waals surface area contributed by atoms with Gasteiger partial charge in [-0.2, -0.15) is 0 Å². The zero-order valence-electron chi connectivity index (χ0n) is 18.7. The van der Waals surface area contributed by atoms with Gasteiger partial charge in [-0.05, 0) is 50.3 Å². The number of aryl methyl sites for hydroxylation is 3. The molecule has 0 spiro atoms. The number of amides is 1. The molecule has 0 N–H and O–H groups in total. The van der Waals surface area contributed by atoms with Gasteiger partial charge >= 0.3 is 0 Å². The number of piperidine rings is 1. The molecule has 7 nitrogen and oxygen atoms in total. The van der Waals surface area contributed by atoms with Crippen molar-refractivity contribution in [3.05, 3.63) is 40.9 Å². The summed E-state index contributed by atoms with van der Waals surface area (Å²) < 4.78 is 2.27. The predicted molar refractivity (Wildman–Crippen MR) is 127 cm³/mol. The third-order valence-corrected chi connectivity index (χ3v) is 7.12. The monoisotopic (exact) mass is 452 g/mol. The number of halogens is 1.